The summed E-state index contributed by atoms with van der Waals surface area (Å²) < 4.78 is 127. The Kier molecular flexibility index (Phi) is 9.14. The van der Waals surface area contributed by atoms with Crippen LogP contribution in [0, 0.1) is 0 Å². The Bertz CT molecular complexity index is 1510. The number of nitrogens with two attached hydrogens (primary N) is 1. The van der Waals surface area contributed by atoms with Crippen LogP contribution in [0.2, 0.25) is 5.15 Å². The third-order valence-corrected chi connectivity index (χ3v) is 7.28. The van der Waals surface area contributed by atoms with Crippen molar-refractivity contribution in [2.45, 2.75) is 63.2 Å². The highest BCUT2D eigenvalue weighted by Crippen LogP contribution is 2.45. The average Bonchev–Trinajstić information content (AvgIpc) is 2.90. The van der Waals surface area contributed by atoms with Gasteiger partial charge in [-0.3, -0.25) is 4.90 Å². The van der Waals surface area contributed by atoms with Crippen molar-refractivity contribution in [1.29, 1.82) is 0 Å². The summed E-state index contributed by atoms with van der Waals surface area (Å²) in [7, 11) is 0. The number of benzene rings is 2. The predicted molar refractivity (Wildman–Crippen MR) is 141 cm³/mol. The van der Waals surface area contributed by atoms with E-state index in [9.17, 15) is 44.3 Å². The van der Waals surface area contributed by atoms with Crippen LogP contribution < -0.4 is 10.6 Å². The minimum absolute atomic E-state index is 0.0237. The number of nitrogens with zero attached hydrogens (tertiary/aromatic N) is 3. The molecular formula is C28H24ClF9N4O2. The highest BCUT2D eigenvalue weighted by Gasteiger charge is 2.45. The van der Waals surface area contributed by atoms with Crippen LogP contribution in [0.1, 0.15) is 65.5 Å². The van der Waals surface area contributed by atoms with Gasteiger partial charge in [-0.1, -0.05) is 18.5 Å². The third-order valence-electron chi connectivity index (χ3n) is 7.08. The molecule has 2 aromatic carbocycles. The van der Waals surface area contributed by atoms with Gasteiger partial charge in [-0.15, -0.1) is 0 Å². The molecule has 1 amide bonds. The maximum atomic E-state index is 13.8. The van der Waals surface area contributed by atoms with Crippen molar-refractivity contribution in [3.63, 3.8) is 0 Å². The maximum Gasteiger partial charge on any atom is 0.416 e. The SMILES string of the molecule is CCOC(=O)N1c2ccc(C(F)(F)F)cc2C(c2cc(Cl)nc(Cc3cc(C(F)(F)F)cc(C(F)(F)F)c3)n2)C(N)C1CC. The topological polar surface area (TPSA) is 81.3 Å². The van der Waals surface area contributed by atoms with E-state index in [1.807, 2.05) is 0 Å². The van der Waals surface area contributed by atoms with Gasteiger partial charge in [0, 0.05) is 18.4 Å². The Labute approximate surface area is 250 Å². The summed E-state index contributed by atoms with van der Waals surface area (Å²) >= 11 is 6.20. The summed E-state index contributed by atoms with van der Waals surface area (Å²) in [6, 6.07) is 2.99. The van der Waals surface area contributed by atoms with Gasteiger partial charge >= 0.3 is 24.6 Å². The van der Waals surface area contributed by atoms with Gasteiger partial charge in [0.15, 0.2) is 0 Å². The Morgan fingerprint density at radius 1 is 0.886 bits per heavy atom. The smallest absolute Gasteiger partial charge is 0.416 e. The van der Waals surface area contributed by atoms with Crippen molar-refractivity contribution in [2.75, 3.05) is 11.5 Å². The van der Waals surface area contributed by atoms with Crippen LogP contribution in [0.25, 0.3) is 0 Å². The molecule has 3 aromatic rings. The summed E-state index contributed by atoms with van der Waals surface area (Å²) in [6.07, 6.45) is -16.2. The number of aromatic nitrogens is 2. The number of ether oxygens (including phenoxy) is 1. The van der Waals surface area contributed by atoms with Crippen LogP contribution in [0.4, 0.5) is 50.0 Å². The van der Waals surface area contributed by atoms with E-state index in [0.29, 0.717) is 12.1 Å². The summed E-state index contributed by atoms with van der Waals surface area (Å²) in [4.78, 5) is 22.3. The largest absolute Gasteiger partial charge is 0.449 e. The van der Waals surface area contributed by atoms with Crippen LogP contribution in [-0.2, 0) is 29.7 Å². The lowest BCUT2D eigenvalue weighted by atomic mass is 9.78. The van der Waals surface area contributed by atoms with Gasteiger partial charge in [0.2, 0.25) is 0 Å². The molecule has 2 N–H and O–H groups in total. The quantitative estimate of drug-likeness (QED) is 0.223. The molecule has 0 aliphatic carbocycles. The number of hydrogen-bond donors (Lipinski definition) is 1. The second-order valence-electron chi connectivity index (χ2n) is 9.99. The Morgan fingerprint density at radius 2 is 1.48 bits per heavy atom. The van der Waals surface area contributed by atoms with Crippen LogP contribution >= 0.6 is 11.6 Å². The lowest BCUT2D eigenvalue weighted by Gasteiger charge is -2.44. The lowest BCUT2D eigenvalue weighted by Crippen LogP contribution is -2.57. The Balaban J connectivity index is 1.87. The zero-order chi connectivity index (χ0) is 32.8. The molecule has 2 heterocycles. The van der Waals surface area contributed by atoms with Crippen molar-refractivity contribution in [1.82, 2.24) is 9.97 Å². The van der Waals surface area contributed by atoms with E-state index in [2.05, 4.69) is 9.97 Å². The number of rotatable bonds is 5. The molecule has 6 nitrogen and oxygen atoms in total. The first-order valence-corrected chi connectivity index (χ1v) is 13.5. The first kappa shape index (κ1) is 33.3. The van der Waals surface area contributed by atoms with Crippen LogP contribution in [0.15, 0.2) is 42.5 Å². The summed E-state index contributed by atoms with van der Waals surface area (Å²) in [6.45, 7) is 3.20. The van der Waals surface area contributed by atoms with Crippen molar-refractivity contribution in [3.8, 4) is 0 Å². The fourth-order valence-corrected chi connectivity index (χ4v) is 5.45. The number of carbonyl (C=O) groups excluding carboxylic acids is 1. The van der Waals surface area contributed by atoms with Gasteiger partial charge in [-0.05, 0) is 66.9 Å². The molecule has 0 saturated heterocycles. The first-order chi connectivity index (χ1) is 20.3. The molecule has 3 unspecified atom stereocenters. The van der Waals surface area contributed by atoms with Crippen molar-refractivity contribution >= 4 is 23.4 Å². The second-order valence-corrected chi connectivity index (χ2v) is 10.4. The molecule has 1 aromatic heterocycles. The minimum Gasteiger partial charge on any atom is -0.449 e. The van der Waals surface area contributed by atoms with Crippen LogP contribution in [0.5, 0.6) is 0 Å². The molecule has 0 saturated carbocycles. The highest BCUT2D eigenvalue weighted by atomic mass is 35.5. The molecule has 0 radical (unpaired) electrons. The van der Waals surface area contributed by atoms with Crippen molar-refractivity contribution < 1.29 is 49.0 Å². The van der Waals surface area contributed by atoms with E-state index < -0.39 is 71.3 Å². The number of carbonyl (C=O) groups is 1. The van der Waals surface area contributed by atoms with E-state index in [1.54, 1.807) is 13.8 Å². The molecule has 0 fully saturated rings. The standard InChI is InChI=1S/C28H24ClF9N4O2/c1-3-19-24(39)23(17-11-14(26(30,31)32)5-6-20(17)42(19)25(43)44-4-2)18-12-21(29)41-22(40-18)9-13-7-15(27(33,34)35)10-16(8-13)28(36,37)38/h5-8,10-12,19,23-24H,3-4,9,39H2,1-2H3. The molecule has 3 atom stereocenters. The van der Waals surface area contributed by atoms with Gasteiger partial charge in [-0.25, -0.2) is 14.8 Å². The fourth-order valence-electron chi connectivity index (χ4n) is 5.24. The van der Waals surface area contributed by atoms with Crippen molar-refractivity contribution in [3.05, 3.63) is 87.0 Å². The lowest BCUT2D eigenvalue weighted by molar-refractivity contribution is -0.143. The van der Waals surface area contributed by atoms with E-state index in [4.69, 9.17) is 22.1 Å². The number of alkyl halides is 9. The number of amides is 1. The predicted octanol–water partition coefficient (Wildman–Crippen LogP) is 7.99. The summed E-state index contributed by atoms with van der Waals surface area (Å²) in [5.41, 5.74) is 1.93. The molecule has 44 heavy (non-hydrogen) atoms. The van der Waals surface area contributed by atoms with Gasteiger partial charge < -0.3 is 10.5 Å². The van der Waals surface area contributed by atoms with Gasteiger partial charge in [-0.2, -0.15) is 39.5 Å². The zero-order valence-corrected chi connectivity index (χ0v) is 23.7. The molecule has 1 aliphatic heterocycles. The van der Waals surface area contributed by atoms with Gasteiger partial charge in [0.1, 0.15) is 11.0 Å². The van der Waals surface area contributed by atoms with Gasteiger partial charge in [0.05, 0.1) is 40.7 Å². The van der Waals surface area contributed by atoms with E-state index in [1.165, 1.54) is 6.07 Å². The van der Waals surface area contributed by atoms with Crippen molar-refractivity contribution in [2.24, 2.45) is 5.73 Å². The average molecular weight is 655 g/mol. The number of fused-ring (bicyclic) bond motifs is 1. The normalized spacial score (nSPS) is 19.1. The molecule has 4 rings (SSSR count). The van der Waals surface area contributed by atoms with Crippen LogP contribution in [-0.4, -0.2) is 34.8 Å². The molecular weight excluding hydrogens is 631 g/mol. The second kappa shape index (κ2) is 12.1. The highest BCUT2D eigenvalue weighted by molar-refractivity contribution is 6.29. The van der Waals surface area contributed by atoms with Gasteiger partial charge in [0.25, 0.3) is 0 Å². The summed E-state index contributed by atoms with van der Waals surface area (Å²) in [5.74, 6) is -1.45. The number of halogens is 10. The monoisotopic (exact) mass is 654 g/mol. The van der Waals surface area contributed by atoms with E-state index in [-0.39, 0.29) is 47.0 Å². The number of hydrogen-bond acceptors (Lipinski definition) is 5. The fraction of sp³-hybridized carbons (Fsp3) is 0.393. The molecule has 0 spiro atoms. The molecule has 1 aliphatic rings. The minimum atomic E-state index is -5.09. The molecule has 16 heteroatoms. The van der Waals surface area contributed by atoms with E-state index >= 15 is 0 Å². The summed E-state index contributed by atoms with van der Waals surface area (Å²) in [5, 5.41) is -0.283. The van der Waals surface area contributed by atoms with E-state index in [0.717, 1.165) is 23.1 Å². The Morgan fingerprint density at radius 3 is 2.00 bits per heavy atom. The third kappa shape index (κ3) is 6.88. The molecule has 238 valence electrons. The Hall–Kier alpha value is -3.59. The molecule has 0 bridgehead atoms. The zero-order valence-electron chi connectivity index (χ0n) is 22.9. The number of anilines is 1. The maximum absolute atomic E-state index is 13.8. The first-order valence-electron chi connectivity index (χ1n) is 13.1. The van der Waals surface area contributed by atoms with Crippen LogP contribution in [0.3, 0.4) is 0 Å².